The topological polar surface area (TPSA) is 61.9 Å². The van der Waals surface area contributed by atoms with Gasteiger partial charge in [0.1, 0.15) is 5.82 Å². The van der Waals surface area contributed by atoms with Crippen LogP contribution in [0.5, 0.6) is 0 Å². The number of halogens is 1. The number of amides is 3. The number of piperidine rings is 1. The number of nitrogens with one attached hydrogen (secondary N) is 1. The molecule has 3 saturated heterocycles. The van der Waals surface area contributed by atoms with E-state index < -0.39 is 0 Å². The van der Waals surface area contributed by atoms with E-state index in [2.05, 4.69) is 10.2 Å². The van der Waals surface area contributed by atoms with Gasteiger partial charge in [0.25, 0.3) is 0 Å². The second kappa shape index (κ2) is 7.94. The number of imide groups is 1. The largest absolute Gasteiger partial charge is 0.373 e. The minimum Gasteiger partial charge on any atom is -0.373 e. The maximum atomic E-state index is 13.1. The highest BCUT2D eigenvalue weighted by Gasteiger charge is 2.33. The van der Waals surface area contributed by atoms with Crippen molar-refractivity contribution >= 4 is 11.9 Å². The molecule has 0 radical (unpaired) electrons. The van der Waals surface area contributed by atoms with E-state index in [4.69, 9.17) is 4.74 Å². The van der Waals surface area contributed by atoms with Gasteiger partial charge in [-0.05, 0) is 42.9 Å². The third-order valence-electron chi connectivity index (χ3n) is 5.92. The Morgan fingerprint density at radius 1 is 1.11 bits per heavy atom. The lowest BCUT2D eigenvalue weighted by Crippen LogP contribution is -2.56. The standard InChI is InChI=1S/C20H26FN3O3/c21-16-3-1-15(2-4-16)18-11-14(13-27-18)12-23-8-5-17(6-9-23)24-10-7-19(25)22-20(24)26/h1-4,14,17-18H,5-13H2,(H,22,25,26). The minimum absolute atomic E-state index is 0.0581. The van der Waals surface area contributed by atoms with Crippen molar-refractivity contribution in [1.29, 1.82) is 0 Å². The van der Waals surface area contributed by atoms with E-state index in [1.807, 2.05) is 17.0 Å². The summed E-state index contributed by atoms with van der Waals surface area (Å²) in [5, 5.41) is 2.41. The highest BCUT2D eigenvalue weighted by molar-refractivity contribution is 5.96. The normalized spacial score (nSPS) is 27.8. The molecule has 1 aromatic rings. The average Bonchev–Trinajstić information content (AvgIpc) is 3.12. The van der Waals surface area contributed by atoms with Crippen LogP contribution < -0.4 is 5.32 Å². The van der Waals surface area contributed by atoms with E-state index in [-0.39, 0.29) is 29.9 Å². The molecule has 1 aromatic carbocycles. The number of benzene rings is 1. The molecule has 2 atom stereocenters. The molecular formula is C20H26FN3O3. The SMILES string of the molecule is O=C1CCN(C2CCN(CC3COC(c4ccc(F)cc4)C3)CC2)C(=O)N1. The Labute approximate surface area is 158 Å². The number of rotatable bonds is 4. The van der Waals surface area contributed by atoms with Crippen LogP contribution in [0.2, 0.25) is 0 Å². The maximum Gasteiger partial charge on any atom is 0.324 e. The molecule has 7 heteroatoms. The molecule has 4 rings (SSSR count). The van der Waals surface area contributed by atoms with Crippen LogP contribution in [-0.4, -0.2) is 60.6 Å². The van der Waals surface area contributed by atoms with Gasteiger partial charge in [-0.15, -0.1) is 0 Å². The fourth-order valence-electron chi connectivity index (χ4n) is 4.43. The smallest absolute Gasteiger partial charge is 0.324 e. The minimum atomic E-state index is -0.240. The summed E-state index contributed by atoms with van der Waals surface area (Å²) in [6.45, 7) is 4.18. The van der Waals surface area contributed by atoms with Crippen LogP contribution in [0.25, 0.3) is 0 Å². The van der Waals surface area contributed by atoms with Crippen molar-refractivity contribution in [3.8, 4) is 0 Å². The molecular weight excluding hydrogens is 349 g/mol. The molecule has 0 spiro atoms. The van der Waals surface area contributed by atoms with Gasteiger partial charge < -0.3 is 14.5 Å². The van der Waals surface area contributed by atoms with Crippen LogP contribution in [0.1, 0.15) is 37.4 Å². The molecule has 146 valence electrons. The Kier molecular flexibility index (Phi) is 5.41. The van der Waals surface area contributed by atoms with Crippen molar-refractivity contribution < 1.29 is 18.7 Å². The number of ether oxygens (including phenoxy) is 1. The number of hydrogen-bond donors (Lipinski definition) is 1. The summed E-state index contributed by atoms with van der Waals surface area (Å²) in [7, 11) is 0. The van der Waals surface area contributed by atoms with Crippen molar-refractivity contribution in [1.82, 2.24) is 15.1 Å². The second-order valence-corrected chi connectivity index (χ2v) is 7.80. The molecule has 0 saturated carbocycles. The summed E-state index contributed by atoms with van der Waals surface area (Å²) < 4.78 is 19.0. The number of urea groups is 1. The summed E-state index contributed by atoms with van der Waals surface area (Å²) in [5.41, 5.74) is 1.04. The Morgan fingerprint density at radius 2 is 1.85 bits per heavy atom. The van der Waals surface area contributed by atoms with E-state index in [0.717, 1.165) is 51.1 Å². The van der Waals surface area contributed by atoms with Gasteiger partial charge in [0.15, 0.2) is 0 Å². The van der Waals surface area contributed by atoms with Crippen LogP contribution in [-0.2, 0) is 9.53 Å². The quantitative estimate of drug-likeness (QED) is 0.877. The summed E-state index contributed by atoms with van der Waals surface area (Å²) in [6, 6.07) is 6.57. The Morgan fingerprint density at radius 3 is 2.56 bits per heavy atom. The van der Waals surface area contributed by atoms with E-state index in [0.29, 0.717) is 18.9 Å². The lowest BCUT2D eigenvalue weighted by atomic mass is 9.97. The molecule has 6 nitrogen and oxygen atoms in total. The molecule has 27 heavy (non-hydrogen) atoms. The van der Waals surface area contributed by atoms with Gasteiger partial charge in [-0.25, -0.2) is 9.18 Å². The van der Waals surface area contributed by atoms with Crippen molar-refractivity contribution in [3.63, 3.8) is 0 Å². The monoisotopic (exact) mass is 375 g/mol. The number of carbonyl (C=O) groups excluding carboxylic acids is 2. The zero-order valence-corrected chi connectivity index (χ0v) is 15.4. The lowest BCUT2D eigenvalue weighted by molar-refractivity contribution is -0.121. The van der Waals surface area contributed by atoms with E-state index in [1.165, 1.54) is 12.1 Å². The van der Waals surface area contributed by atoms with Crippen molar-refractivity contribution in [2.75, 3.05) is 32.8 Å². The first-order valence-corrected chi connectivity index (χ1v) is 9.78. The first kappa shape index (κ1) is 18.4. The van der Waals surface area contributed by atoms with Crippen molar-refractivity contribution in [2.24, 2.45) is 5.92 Å². The Bertz CT molecular complexity index is 688. The molecule has 3 amide bonds. The van der Waals surface area contributed by atoms with Gasteiger partial charge in [-0.2, -0.15) is 0 Å². The molecule has 3 aliphatic heterocycles. The Balaban J connectivity index is 1.23. The fourth-order valence-corrected chi connectivity index (χ4v) is 4.43. The third-order valence-corrected chi connectivity index (χ3v) is 5.92. The van der Waals surface area contributed by atoms with Gasteiger partial charge in [0.05, 0.1) is 12.7 Å². The van der Waals surface area contributed by atoms with Gasteiger partial charge in [0, 0.05) is 38.6 Å². The molecule has 1 N–H and O–H groups in total. The highest BCUT2D eigenvalue weighted by atomic mass is 19.1. The van der Waals surface area contributed by atoms with Crippen LogP contribution in [0.15, 0.2) is 24.3 Å². The van der Waals surface area contributed by atoms with Crippen LogP contribution >= 0.6 is 0 Å². The van der Waals surface area contributed by atoms with Crippen LogP contribution in [0.3, 0.4) is 0 Å². The molecule has 0 aromatic heterocycles. The van der Waals surface area contributed by atoms with E-state index in [1.54, 1.807) is 0 Å². The van der Waals surface area contributed by atoms with Crippen molar-refractivity contribution in [3.05, 3.63) is 35.6 Å². The van der Waals surface area contributed by atoms with Gasteiger partial charge in [0.2, 0.25) is 5.91 Å². The average molecular weight is 375 g/mol. The number of carbonyl (C=O) groups is 2. The molecule has 3 aliphatic rings. The molecule has 0 bridgehead atoms. The highest BCUT2D eigenvalue weighted by Crippen LogP contribution is 2.33. The number of likely N-dealkylation sites (tertiary alicyclic amines) is 1. The zero-order chi connectivity index (χ0) is 18.8. The summed E-state index contributed by atoms with van der Waals surface area (Å²) in [5.74, 6) is 0.0843. The second-order valence-electron chi connectivity index (χ2n) is 7.80. The molecule has 0 aliphatic carbocycles. The van der Waals surface area contributed by atoms with Gasteiger partial charge in [-0.3, -0.25) is 10.1 Å². The molecule has 3 fully saturated rings. The first-order chi connectivity index (χ1) is 13.1. The van der Waals surface area contributed by atoms with Gasteiger partial charge >= 0.3 is 6.03 Å². The third kappa shape index (κ3) is 4.30. The Hall–Kier alpha value is -1.99. The van der Waals surface area contributed by atoms with Crippen LogP contribution in [0, 0.1) is 11.7 Å². The van der Waals surface area contributed by atoms with Crippen LogP contribution in [0.4, 0.5) is 9.18 Å². The maximum absolute atomic E-state index is 13.1. The van der Waals surface area contributed by atoms with E-state index >= 15 is 0 Å². The number of hydrogen-bond acceptors (Lipinski definition) is 4. The predicted molar refractivity (Wildman–Crippen MR) is 97.5 cm³/mol. The number of nitrogens with zero attached hydrogens (tertiary/aromatic N) is 2. The zero-order valence-electron chi connectivity index (χ0n) is 15.4. The summed E-state index contributed by atoms with van der Waals surface area (Å²) in [6.07, 6.45) is 3.30. The summed E-state index contributed by atoms with van der Waals surface area (Å²) in [4.78, 5) is 27.6. The van der Waals surface area contributed by atoms with E-state index in [9.17, 15) is 14.0 Å². The van der Waals surface area contributed by atoms with Gasteiger partial charge in [-0.1, -0.05) is 12.1 Å². The molecule has 3 heterocycles. The fraction of sp³-hybridized carbons (Fsp3) is 0.600. The summed E-state index contributed by atoms with van der Waals surface area (Å²) >= 11 is 0. The molecule has 2 unspecified atom stereocenters. The van der Waals surface area contributed by atoms with Crippen molar-refractivity contribution in [2.45, 2.75) is 37.8 Å². The lowest BCUT2D eigenvalue weighted by Gasteiger charge is -2.40. The predicted octanol–water partition coefficient (Wildman–Crippen LogP) is 2.31. The first-order valence-electron chi connectivity index (χ1n) is 9.78.